The van der Waals surface area contributed by atoms with E-state index in [-0.39, 0.29) is 0 Å². The molecule has 0 unspecified atom stereocenters. The standard InChI is InChI=1S/C18H17ClN4OS.C2H6/c1-9-13-15-16(25-18(13)21-10(2)14(9)19)17(23-22-15)20-8-11-4-6-12(24-3)7-5-11;1-2/h4-7H,8H2,1-3H3,(H2,20,22,23);1-2H3. The monoisotopic (exact) mass is 402 g/mol. The molecular formula is C20H23ClN4OS. The lowest BCUT2D eigenvalue weighted by atomic mass is 10.1. The highest BCUT2D eigenvalue weighted by Crippen LogP contribution is 2.39. The molecule has 27 heavy (non-hydrogen) atoms. The first-order chi connectivity index (χ1) is 13.1. The molecule has 2 N–H and O–H groups in total. The summed E-state index contributed by atoms with van der Waals surface area (Å²) in [6, 6.07) is 7.98. The first-order valence-electron chi connectivity index (χ1n) is 8.88. The Labute approximate surface area is 167 Å². The number of aromatic nitrogens is 3. The molecule has 0 spiro atoms. The fourth-order valence-corrected chi connectivity index (χ4v) is 4.25. The third-order valence-electron chi connectivity index (χ3n) is 4.29. The number of aromatic amines is 1. The molecule has 0 aliphatic carbocycles. The van der Waals surface area contributed by atoms with Crippen LogP contribution in [-0.4, -0.2) is 22.3 Å². The summed E-state index contributed by atoms with van der Waals surface area (Å²) < 4.78 is 6.26. The zero-order valence-electron chi connectivity index (χ0n) is 16.1. The minimum Gasteiger partial charge on any atom is -0.497 e. The molecule has 4 rings (SSSR count). The van der Waals surface area contributed by atoms with Crippen LogP contribution in [-0.2, 0) is 6.54 Å². The number of methoxy groups -OCH3 is 1. The van der Waals surface area contributed by atoms with Crippen LogP contribution in [0.3, 0.4) is 0 Å². The predicted molar refractivity (Wildman–Crippen MR) is 115 cm³/mol. The van der Waals surface area contributed by atoms with Crippen LogP contribution in [0.15, 0.2) is 24.3 Å². The van der Waals surface area contributed by atoms with Crippen LogP contribution < -0.4 is 10.1 Å². The van der Waals surface area contributed by atoms with Crippen molar-refractivity contribution in [1.29, 1.82) is 0 Å². The molecule has 0 saturated carbocycles. The molecule has 1 aromatic carbocycles. The Hall–Kier alpha value is -2.31. The van der Waals surface area contributed by atoms with Gasteiger partial charge in [0.25, 0.3) is 0 Å². The maximum absolute atomic E-state index is 6.37. The summed E-state index contributed by atoms with van der Waals surface area (Å²) in [7, 11) is 1.67. The molecule has 5 nitrogen and oxygen atoms in total. The number of benzene rings is 1. The highest BCUT2D eigenvalue weighted by molar-refractivity contribution is 7.26. The topological polar surface area (TPSA) is 62.8 Å². The third kappa shape index (κ3) is 3.59. The summed E-state index contributed by atoms with van der Waals surface area (Å²) in [5.41, 5.74) is 4.05. The lowest BCUT2D eigenvalue weighted by Crippen LogP contribution is -1.99. The Kier molecular flexibility index (Phi) is 5.87. The highest BCUT2D eigenvalue weighted by Gasteiger charge is 2.17. The number of hydrogen-bond acceptors (Lipinski definition) is 5. The second-order valence-corrected chi connectivity index (χ2v) is 7.27. The van der Waals surface area contributed by atoms with Crippen molar-refractivity contribution < 1.29 is 4.74 Å². The maximum atomic E-state index is 6.37. The quantitative estimate of drug-likeness (QED) is 0.433. The van der Waals surface area contributed by atoms with E-state index in [1.807, 2.05) is 52.0 Å². The second kappa shape index (κ2) is 8.15. The zero-order valence-corrected chi connectivity index (χ0v) is 17.7. The van der Waals surface area contributed by atoms with E-state index < -0.39 is 0 Å². The summed E-state index contributed by atoms with van der Waals surface area (Å²) in [4.78, 5) is 5.60. The van der Waals surface area contributed by atoms with Crippen molar-refractivity contribution in [3.8, 4) is 5.75 Å². The minimum atomic E-state index is 0.685. The van der Waals surface area contributed by atoms with E-state index in [4.69, 9.17) is 16.3 Å². The minimum absolute atomic E-state index is 0.685. The Morgan fingerprint density at radius 1 is 1.19 bits per heavy atom. The highest BCUT2D eigenvalue weighted by atomic mass is 35.5. The van der Waals surface area contributed by atoms with E-state index in [0.29, 0.717) is 6.54 Å². The van der Waals surface area contributed by atoms with Gasteiger partial charge in [-0.2, -0.15) is 5.10 Å². The maximum Gasteiger partial charge on any atom is 0.166 e. The van der Waals surface area contributed by atoms with Crippen molar-refractivity contribution >= 4 is 49.2 Å². The molecule has 0 bridgehead atoms. The van der Waals surface area contributed by atoms with Crippen LogP contribution >= 0.6 is 22.9 Å². The number of pyridine rings is 1. The van der Waals surface area contributed by atoms with Crippen molar-refractivity contribution in [2.45, 2.75) is 34.2 Å². The lowest BCUT2D eigenvalue weighted by Gasteiger charge is -2.04. The van der Waals surface area contributed by atoms with Gasteiger partial charge >= 0.3 is 0 Å². The molecule has 0 aliphatic heterocycles. The van der Waals surface area contributed by atoms with Gasteiger partial charge in [0.1, 0.15) is 10.6 Å². The van der Waals surface area contributed by atoms with E-state index in [0.717, 1.165) is 53.8 Å². The van der Waals surface area contributed by atoms with Gasteiger partial charge in [-0.25, -0.2) is 4.98 Å². The molecule has 3 aromatic heterocycles. The van der Waals surface area contributed by atoms with Gasteiger partial charge in [-0.15, -0.1) is 11.3 Å². The number of thiophene rings is 1. The van der Waals surface area contributed by atoms with Gasteiger partial charge < -0.3 is 10.1 Å². The van der Waals surface area contributed by atoms with Crippen molar-refractivity contribution in [1.82, 2.24) is 15.2 Å². The van der Waals surface area contributed by atoms with Crippen LogP contribution in [0.5, 0.6) is 5.75 Å². The molecule has 0 aliphatic rings. The first-order valence-corrected chi connectivity index (χ1v) is 10.1. The van der Waals surface area contributed by atoms with Crippen molar-refractivity contribution in [2.75, 3.05) is 12.4 Å². The largest absolute Gasteiger partial charge is 0.497 e. The summed E-state index contributed by atoms with van der Waals surface area (Å²) in [5.74, 6) is 1.69. The Bertz CT molecular complexity index is 1070. The van der Waals surface area contributed by atoms with Gasteiger partial charge in [0.2, 0.25) is 0 Å². The molecule has 142 valence electrons. The van der Waals surface area contributed by atoms with Gasteiger partial charge in [-0.3, -0.25) is 5.10 Å². The first kappa shape index (κ1) is 19.5. The number of rotatable bonds is 4. The normalized spacial score (nSPS) is 10.7. The molecule has 0 saturated heterocycles. The number of ether oxygens (including phenoxy) is 1. The molecule has 0 atom stereocenters. The fourth-order valence-electron chi connectivity index (χ4n) is 2.91. The summed E-state index contributed by atoms with van der Waals surface area (Å²) >= 11 is 8.00. The number of anilines is 1. The van der Waals surface area contributed by atoms with E-state index in [1.165, 1.54) is 0 Å². The Morgan fingerprint density at radius 2 is 1.89 bits per heavy atom. The van der Waals surface area contributed by atoms with Gasteiger partial charge in [0.15, 0.2) is 5.82 Å². The summed E-state index contributed by atoms with van der Waals surface area (Å²) in [5, 5.41) is 12.7. The van der Waals surface area contributed by atoms with Crippen molar-refractivity contribution in [3.63, 3.8) is 0 Å². The molecule has 0 amide bonds. The van der Waals surface area contributed by atoms with Crippen molar-refractivity contribution in [3.05, 3.63) is 46.1 Å². The van der Waals surface area contributed by atoms with E-state index in [9.17, 15) is 0 Å². The number of hydrogen-bond donors (Lipinski definition) is 2. The van der Waals surface area contributed by atoms with Crippen LogP contribution in [0.4, 0.5) is 5.82 Å². The SMILES string of the molecule is CC.COc1ccc(CNc2n[nH]c3c2sc2nc(C)c(Cl)c(C)c23)cc1. The number of nitrogens with one attached hydrogen (secondary N) is 2. The molecule has 0 radical (unpaired) electrons. The third-order valence-corrected chi connectivity index (χ3v) is 5.94. The number of H-pyrrole nitrogens is 1. The van der Waals surface area contributed by atoms with Crippen LogP contribution in [0.2, 0.25) is 5.02 Å². The number of nitrogens with zero attached hydrogens (tertiary/aromatic N) is 2. The molecule has 0 fully saturated rings. The van der Waals surface area contributed by atoms with Crippen LogP contribution in [0.25, 0.3) is 20.4 Å². The fraction of sp³-hybridized carbons (Fsp3) is 0.300. The number of fused-ring (bicyclic) bond motifs is 3. The molecule has 7 heteroatoms. The molecule has 3 heterocycles. The molecular weight excluding hydrogens is 380 g/mol. The predicted octanol–water partition coefficient (Wildman–Crippen LogP) is 6.09. The number of aryl methyl sites for hydroxylation is 2. The van der Waals surface area contributed by atoms with E-state index in [2.05, 4.69) is 20.5 Å². The summed E-state index contributed by atoms with van der Waals surface area (Å²) in [6.07, 6.45) is 0. The van der Waals surface area contributed by atoms with Gasteiger partial charge in [-0.1, -0.05) is 37.6 Å². The zero-order chi connectivity index (χ0) is 19.6. The van der Waals surface area contributed by atoms with Gasteiger partial charge in [0, 0.05) is 11.9 Å². The Morgan fingerprint density at radius 3 is 2.56 bits per heavy atom. The number of halogens is 1. The lowest BCUT2D eigenvalue weighted by molar-refractivity contribution is 0.414. The smallest absolute Gasteiger partial charge is 0.166 e. The van der Waals surface area contributed by atoms with E-state index in [1.54, 1.807) is 18.4 Å². The van der Waals surface area contributed by atoms with Crippen molar-refractivity contribution in [2.24, 2.45) is 0 Å². The average Bonchev–Trinajstić information content (AvgIpc) is 3.25. The molecule has 4 aromatic rings. The Balaban J connectivity index is 0.00000102. The van der Waals surface area contributed by atoms with Crippen LogP contribution in [0.1, 0.15) is 30.7 Å². The summed E-state index contributed by atoms with van der Waals surface area (Å²) in [6.45, 7) is 8.64. The van der Waals surface area contributed by atoms with E-state index >= 15 is 0 Å². The van der Waals surface area contributed by atoms with Crippen LogP contribution in [0, 0.1) is 13.8 Å². The average molecular weight is 403 g/mol. The van der Waals surface area contributed by atoms with Gasteiger partial charge in [0.05, 0.1) is 28.0 Å². The van der Waals surface area contributed by atoms with Gasteiger partial charge in [-0.05, 0) is 37.1 Å². The second-order valence-electron chi connectivity index (χ2n) is 5.90.